The highest BCUT2D eigenvalue weighted by molar-refractivity contribution is 5.48. The number of nitrogens with two attached hydrogens (primary N) is 1. The second-order valence-electron chi connectivity index (χ2n) is 5.69. The molecule has 1 aliphatic carbocycles. The number of anilines is 1. The van der Waals surface area contributed by atoms with Gasteiger partial charge in [-0.2, -0.15) is 0 Å². The fourth-order valence-electron chi connectivity index (χ4n) is 3.36. The number of likely N-dealkylation sites (N-methyl/N-ethyl adjacent to an activating group) is 1. The molecule has 0 amide bonds. The van der Waals surface area contributed by atoms with Gasteiger partial charge in [-0.25, -0.2) is 0 Å². The molecule has 1 aromatic carbocycles. The Hall–Kier alpha value is -1.02. The molecule has 2 rings (SSSR count). The maximum Gasteiger partial charge on any atom is 0.0523 e. The monoisotopic (exact) mass is 246 g/mol. The first-order valence-corrected chi connectivity index (χ1v) is 7.21. The molecule has 100 valence electrons. The van der Waals surface area contributed by atoms with E-state index in [-0.39, 0.29) is 5.54 Å². The lowest BCUT2D eigenvalue weighted by Crippen LogP contribution is -2.55. The van der Waals surface area contributed by atoms with Crippen molar-refractivity contribution in [3.63, 3.8) is 0 Å². The Morgan fingerprint density at radius 3 is 2.67 bits per heavy atom. The van der Waals surface area contributed by atoms with Crippen LogP contribution in [-0.2, 0) is 0 Å². The van der Waals surface area contributed by atoms with Gasteiger partial charge >= 0.3 is 0 Å². The van der Waals surface area contributed by atoms with Gasteiger partial charge in [0.25, 0.3) is 0 Å². The van der Waals surface area contributed by atoms with Gasteiger partial charge in [0.1, 0.15) is 0 Å². The quantitative estimate of drug-likeness (QED) is 0.882. The Morgan fingerprint density at radius 2 is 2.06 bits per heavy atom. The Morgan fingerprint density at radius 1 is 1.33 bits per heavy atom. The largest absolute Gasteiger partial charge is 0.368 e. The standard InChI is InChI=1S/C16H26N2/c1-3-14-8-7-11-16(12-14,13-17)18(2)15-9-5-4-6-10-15/h4-6,9-10,14H,3,7-8,11-13,17H2,1-2H3. The summed E-state index contributed by atoms with van der Waals surface area (Å²) in [5.74, 6) is 0.841. The maximum absolute atomic E-state index is 6.15. The molecule has 2 nitrogen and oxygen atoms in total. The summed E-state index contributed by atoms with van der Waals surface area (Å²) in [6.07, 6.45) is 6.44. The Labute approximate surface area is 111 Å². The highest BCUT2D eigenvalue weighted by atomic mass is 15.2. The number of hydrogen-bond donors (Lipinski definition) is 1. The van der Waals surface area contributed by atoms with Gasteiger partial charge in [0, 0.05) is 19.3 Å². The predicted molar refractivity (Wildman–Crippen MR) is 78.9 cm³/mol. The minimum absolute atomic E-state index is 0.167. The van der Waals surface area contributed by atoms with E-state index in [2.05, 4.69) is 49.2 Å². The van der Waals surface area contributed by atoms with E-state index in [1.807, 2.05) is 0 Å². The molecule has 0 saturated heterocycles. The highest BCUT2D eigenvalue weighted by Gasteiger charge is 2.38. The van der Waals surface area contributed by atoms with Crippen LogP contribution in [0.3, 0.4) is 0 Å². The molecular weight excluding hydrogens is 220 g/mol. The molecule has 0 bridgehead atoms. The van der Waals surface area contributed by atoms with Crippen molar-refractivity contribution in [2.75, 3.05) is 18.5 Å². The van der Waals surface area contributed by atoms with Gasteiger partial charge < -0.3 is 10.6 Å². The van der Waals surface area contributed by atoms with E-state index >= 15 is 0 Å². The summed E-state index contributed by atoms with van der Waals surface area (Å²) in [6, 6.07) is 10.7. The summed E-state index contributed by atoms with van der Waals surface area (Å²) in [5.41, 5.74) is 7.61. The van der Waals surface area contributed by atoms with Crippen LogP contribution in [0.25, 0.3) is 0 Å². The van der Waals surface area contributed by atoms with Crippen LogP contribution in [0.1, 0.15) is 39.0 Å². The zero-order valence-corrected chi connectivity index (χ0v) is 11.7. The average Bonchev–Trinajstić information content (AvgIpc) is 2.47. The fourth-order valence-corrected chi connectivity index (χ4v) is 3.36. The molecule has 2 N–H and O–H groups in total. The lowest BCUT2D eigenvalue weighted by atomic mass is 9.73. The molecule has 2 heteroatoms. The molecule has 2 atom stereocenters. The van der Waals surface area contributed by atoms with Crippen LogP contribution in [0.15, 0.2) is 30.3 Å². The smallest absolute Gasteiger partial charge is 0.0523 e. The normalized spacial score (nSPS) is 28.1. The van der Waals surface area contributed by atoms with Crippen LogP contribution < -0.4 is 10.6 Å². The molecule has 1 fully saturated rings. The Balaban J connectivity index is 2.21. The first-order valence-electron chi connectivity index (χ1n) is 7.21. The van der Waals surface area contributed by atoms with Crippen molar-refractivity contribution >= 4 is 5.69 Å². The molecule has 18 heavy (non-hydrogen) atoms. The Kier molecular flexibility index (Phi) is 4.28. The van der Waals surface area contributed by atoms with Crippen LogP contribution in [0, 0.1) is 5.92 Å². The molecule has 0 aromatic heterocycles. The second-order valence-corrected chi connectivity index (χ2v) is 5.69. The summed E-state index contributed by atoms with van der Waals surface area (Å²) in [5, 5.41) is 0. The lowest BCUT2D eigenvalue weighted by Gasteiger charge is -2.47. The van der Waals surface area contributed by atoms with Crippen LogP contribution in [-0.4, -0.2) is 19.1 Å². The Bertz CT molecular complexity index is 363. The average molecular weight is 246 g/mol. The van der Waals surface area contributed by atoms with E-state index in [0.717, 1.165) is 12.5 Å². The number of para-hydroxylation sites is 1. The second kappa shape index (κ2) is 5.75. The van der Waals surface area contributed by atoms with Gasteiger partial charge in [-0.15, -0.1) is 0 Å². The van der Waals surface area contributed by atoms with E-state index < -0.39 is 0 Å². The van der Waals surface area contributed by atoms with Crippen LogP contribution in [0.4, 0.5) is 5.69 Å². The third-order valence-corrected chi connectivity index (χ3v) is 4.74. The summed E-state index contributed by atoms with van der Waals surface area (Å²) >= 11 is 0. The van der Waals surface area contributed by atoms with Crippen molar-refractivity contribution in [3.8, 4) is 0 Å². The van der Waals surface area contributed by atoms with E-state index in [4.69, 9.17) is 5.73 Å². The highest BCUT2D eigenvalue weighted by Crippen LogP contribution is 2.39. The number of rotatable bonds is 4. The molecule has 0 heterocycles. The lowest BCUT2D eigenvalue weighted by molar-refractivity contribution is 0.218. The SMILES string of the molecule is CCC1CCCC(CN)(N(C)c2ccccc2)C1. The van der Waals surface area contributed by atoms with Crippen molar-refractivity contribution in [3.05, 3.63) is 30.3 Å². The summed E-state index contributed by atoms with van der Waals surface area (Å²) in [6.45, 7) is 3.06. The predicted octanol–water partition coefficient (Wildman–Crippen LogP) is 3.42. The van der Waals surface area contributed by atoms with Crippen LogP contribution in [0.2, 0.25) is 0 Å². The number of nitrogens with zero attached hydrogens (tertiary/aromatic N) is 1. The first kappa shape index (κ1) is 13.4. The molecule has 0 aliphatic heterocycles. The molecule has 1 saturated carbocycles. The van der Waals surface area contributed by atoms with Crippen molar-refractivity contribution in [1.29, 1.82) is 0 Å². The van der Waals surface area contributed by atoms with Gasteiger partial charge in [-0.05, 0) is 30.9 Å². The molecule has 2 unspecified atom stereocenters. The van der Waals surface area contributed by atoms with Crippen LogP contribution in [0.5, 0.6) is 0 Å². The minimum atomic E-state index is 0.167. The van der Waals surface area contributed by atoms with Crippen molar-refractivity contribution < 1.29 is 0 Å². The van der Waals surface area contributed by atoms with Gasteiger partial charge in [0.2, 0.25) is 0 Å². The summed E-state index contributed by atoms with van der Waals surface area (Å²) in [7, 11) is 2.21. The van der Waals surface area contributed by atoms with E-state index in [0.29, 0.717) is 0 Å². The molecule has 1 aliphatic rings. The first-order chi connectivity index (χ1) is 8.72. The molecule has 1 aromatic rings. The van der Waals surface area contributed by atoms with Crippen LogP contribution >= 0.6 is 0 Å². The number of hydrogen-bond acceptors (Lipinski definition) is 2. The fraction of sp³-hybridized carbons (Fsp3) is 0.625. The molecular formula is C16H26N2. The maximum atomic E-state index is 6.15. The topological polar surface area (TPSA) is 29.3 Å². The summed E-state index contributed by atoms with van der Waals surface area (Å²) in [4.78, 5) is 2.43. The van der Waals surface area contributed by atoms with Gasteiger partial charge in [-0.1, -0.05) is 44.4 Å². The van der Waals surface area contributed by atoms with Gasteiger partial charge in [-0.3, -0.25) is 0 Å². The van der Waals surface area contributed by atoms with E-state index in [1.54, 1.807) is 0 Å². The summed E-state index contributed by atoms with van der Waals surface area (Å²) < 4.78 is 0. The third kappa shape index (κ3) is 2.54. The van der Waals surface area contributed by atoms with E-state index in [1.165, 1.54) is 37.8 Å². The number of benzene rings is 1. The van der Waals surface area contributed by atoms with Gasteiger partial charge in [0.15, 0.2) is 0 Å². The minimum Gasteiger partial charge on any atom is -0.368 e. The van der Waals surface area contributed by atoms with Gasteiger partial charge in [0.05, 0.1) is 5.54 Å². The molecule has 0 spiro atoms. The zero-order chi connectivity index (χ0) is 13.0. The van der Waals surface area contributed by atoms with E-state index in [9.17, 15) is 0 Å². The third-order valence-electron chi connectivity index (χ3n) is 4.74. The zero-order valence-electron chi connectivity index (χ0n) is 11.7. The van der Waals surface area contributed by atoms with Crippen molar-refractivity contribution in [1.82, 2.24) is 0 Å². The molecule has 0 radical (unpaired) electrons. The van der Waals surface area contributed by atoms with Crippen molar-refractivity contribution in [2.24, 2.45) is 11.7 Å². The van der Waals surface area contributed by atoms with Crippen molar-refractivity contribution in [2.45, 2.75) is 44.6 Å².